The van der Waals surface area contributed by atoms with Gasteiger partial charge in [-0.05, 0) is 40.5 Å². The van der Waals surface area contributed by atoms with Crippen LogP contribution in [0.3, 0.4) is 0 Å². The minimum Gasteiger partial charge on any atom is -0.486 e. The molecule has 0 bridgehead atoms. The van der Waals surface area contributed by atoms with E-state index in [2.05, 4.69) is 21.2 Å². The summed E-state index contributed by atoms with van der Waals surface area (Å²) in [4.78, 5) is 11.2. The number of hydrogen-bond acceptors (Lipinski definition) is 5. The van der Waals surface area contributed by atoms with Crippen LogP contribution in [0.15, 0.2) is 16.6 Å². The number of rotatable bonds is 5. The van der Waals surface area contributed by atoms with Gasteiger partial charge in [0, 0.05) is 6.54 Å². The lowest BCUT2D eigenvalue weighted by Crippen LogP contribution is -2.24. The first kappa shape index (κ1) is 14.1. The van der Waals surface area contributed by atoms with E-state index in [1.807, 2.05) is 12.1 Å². The minimum absolute atomic E-state index is 0.194. The highest BCUT2D eigenvalue weighted by Crippen LogP contribution is 2.38. The second-order valence-electron chi connectivity index (χ2n) is 4.01. The summed E-state index contributed by atoms with van der Waals surface area (Å²) in [5, 5.41) is 3.03. The average molecular weight is 330 g/mol. The average Bonchev–Trinajstić information content (AvgIpc) is 2.39. The molecule has 0 spiro atoms. The minimum atomic E-state index is -0.251. The second kappa shape index (κ2) is 6.77. The topological polar surface area (TPSA) is 56.8 Å². The first-order chi connectivity index (χ1) is 9.20. The van der Waals surface area contributed by atoms with Crippen LogP contribution in [0.1, 0.15) is 12.5 Å². The molecule has 2 rings (SSSR count). The van der Waals surface area contributed by atoms with Crippen LogP contribution in [-0.4, -0.2) is 32.3 Å². The maximum atomic E-state index is 11.2. The molecule has 1 N–H and O–H groups in total. The molecule has 0 aliphatic carbocycles. The van der Waals surface area contributed by atoms with Crippen LogP contribution < -0.4 is 14.8 Å². The van der Waals surface area contributed by atoms with E-state index in [9.17, 15) is 4.79 Å². The van der Waals surface area contributed by atoms with Crippen LogP contribution in [0.2, 0.25) is 0 Å². The number of halogens is 1. The van der Waals surface area contributed by atoms with E-state index in [4.69, 9.17) is 14.2 Å². The van der Waals surface area contributed by atoms with Crippen LogP contribution >= 0.6 is 15.9 Å². The van der Waals surface area contributed by atoms with Crippen molar-refractivity contribution < 1.29 is 19.0 Å². The number of hydrogen-bond donors (Lipinski definition) is 1. The molecular formula is C13H16BrNO4. The predicted molar refractivity (Wildman–Crippen MR) is 73.5 cm³/mol. The van der Waals surface area contributed by atoms with Crippen molar-refractivity contribution in [2.45, 2.75) is 13.5 Å². The molecular weight excluding hydrogens is 314 g/mol. The van der Waals surface area contributed by atoms with Crippen molar-refractivity contribution >= 4 is 21.9 Å². The van der Waals surface area contributed by atoms with E-state index in [1.165, 1.54) is 0 Å². The molecule has 0 saturated heterocycles. The molecule has 1 aromatic rings. The third-order valence-corrected chi connectivity index (χ3v) is 3.15. The van der Waals surface area contributed by atoms with Crippen LogP contribution in [-0.2, 0) is 16.1 Å². The molecule has 0 saturated carbocycles. The molecule has 5 nitrogen and oxygen atoms in total. The Hall–Kier alpha value is -1.27. The van der Waals surface area contributed by atoms with Gasteiger partial charge in [-0.3, -0.25) is 4.79 Å². The van der Waals surface area contributed by atoms with Crippen LogP contribution in [0.5, 0.6) is 11.5 Å². The van der Waals surface area contributed by atoms with Gasteiger partial charge in [0.25, 0.3) is 0 Å². The van der Waals surface area contributed by atoms with E-state index >= 15 is 0 Å². The van der Waals surface area contributed by atoms with Gasteiger partial charge in [0.1, 0.15) is 13.2 Å². The zero-order valence-corrected chi connectivity index (χ0v) is 12.3. The van der Waals surface area contributed by atoms with E-state index in [0.29, 0.717) is 26.4 Å². The lowest BCUT2D eigenvalue weighted by atomic mass is 10.2. The van der Waals surface area contributed by atoms with E-state index in [0.717, 1.165) is 21.5 Å². The third kappa shape index (κ3) is 3.84. The van der Waals surface area contributed by atoms with E-state index in [-0.39, 0.29) is 12.5 Å². The Morgan fingerprint density at radius 2 is 2.21 bits per heavy atom. The highest BCUT2D eigenvalue weighted by atomic mass is 79.9. The van der Waals surface area contributed by atoms with E-state index in [1.54, 1.807) is 6.92 Å². The summed E-state index contributed by atoms with van der Waals surface area (Å²) < 4.78 is 16.8. The van der Waals surface area contributed by atoms with Gasteiger partial charge in [0.15, 0.2) is 11.5 Å². The van der Waals surface area contributed by atoms with Gasteiger partial charge in [-0.15, -0.1) is 0 Å². The molecule has 1 heterocycles. The summed E-state index contributed by atoms with van der Waals surface area (Å²) in [5.41, 5.74) is 1.01. The molecule has 0 amide bonds. The summed E-state index contributed by atoms with van der Waals surface area (Å²) in [6, 6.07) is 3.86. The smallest absolute Gasteiger partial charge is 0.319 e. The fourth-order valence-corrected chi connectivity index (χ4v) is 2.39. The fourth-order valence-electron chi connectivity index (χ4n) is 1.79. The van der Waals surface area contributed by atoms with Crippen LogP contribution in [0.25, 0.3) is 0 Å². The normalized spacial score (nSPS) is 13.2. The van der Waals surface area contributed by atoms with Crippen molar-refractivity contribution in [3.63, 3.8) is 0 Å². The Morgan fingerprint density at radius 1 is 1.42 bits per heavy atom. The largest absolute Gasteiger partial charge is 0.486 e. The Balaban J connectivity index is 1.94. The van der Waals surface area contributed by atoms with E-state index < -0.39 is 0 Å². The standard InChI is InChI=1S/C13H16BrNO4/c1-2-17-12(16)8-15-7-9-5-10(14)13-11(6-9)18-3-4-19-13/h5-6,15H,2-4,7-8H2,1H3. The van der Waals surface area contributed by atoms with Gasteiger partial charge in [0.05, 0.1) is 17.6 Å². The number of fused-ring (bicyclic) bond motifs is 1. The van der Waals surface area contributed by atoms with Crippen molar-refractivity contribution in [2.24, 2.45) is 0 Å². The highest BCUT2D eigenvalue weighted by molar-refractivity contribution is 9.10. The van der Waals surface area contributed by atoms with Gasteiger partial charge in [0.2, 0.25) is 0 Å². The monoisotopic (exact) mass is 329 g/mol. The number of esters is 1. The molecule has 0 unspecified atom stereocenters. The molecule has 1 aliphatic heterocycles. The van der Waals surface area contributed by atoms with Gasteiger partial charge in [-0.2, -0.15) is 0 Å². The zero-order valence-electron chi connectivity index (χ0n) is 10.7. The predicted octanol–water partition coefficient (Wildman–Crippen LogP) is 1.87. The first-order valence-electron chi connectivity index (χ1n) is 6.15. The Kier molecular flexibility index (Phi) is 5.04. The molecule has 0 atom stereocenters. The first-order valence-corrected chi connectivity index (χ1v) is 6.94. The fraction of sp³-hybridized carbons (Fsp3) is 0.462. The number of carbonyl (C=O) groups excluding carboxylic acids is 1. The SMILES string of the molecule is CCOC(=O)CNCc1cc(Br)c2c(c1)OCCO2. The van der Waals surface area contributed by atoms with Gasteiger partial charge < -0.3 is 19.5 Å². The van der Waals surface area contributed by atoms with Crippen molar-refractivity contribution in [3.05, 3.63) is 22.2 Å². The maximum absolute atomic E-state index is 11.2. The molecule has 1 aliphatic rings. The quantitative estimate of drug-likeness (QED) is 0.836. The Labute approximate surface area is 120 Å². The summed E-state index contributed by atoms with van der Waals surface area (Å²) >= 11 is 3.45. The van der Waals surface area contributed by atoms with Crippen LogP contribution in [0.4, 0.5) is 0 Å². The number of ether oxygens (including phenoxy) is 3. The van der Waals surface area contributed by atoms with Crippen LogP contribution in [0, 0.1) is 0 Å². The number of nitrogens with one attached hydrogen (secondary N) is 1. The molecule has 0 aromatic heterocycles. The number of carbonyl (C=O) groups is 1. The molecule has 0 radical (unpaired) electrons. The van der Waals surface area contributed by atoms with Gasteiger partial charge in [-0.25, -0.2) is 0 Å². The van der Waals surface area contributed by atoms with Gasteiger partial charge >= 0.3 is 5.97 Å². The van der Waals surface area contributed by atoms with Crippen molar-refractivity contribution in [1.82, 2.24) is 5.32 Å². The third-order valence-electron chi connectivity index (χ3n) is 2.56. The second-order valence-corrected chi connectivity index (χ2v) is 4.86. The summed E-state index contributed by atoms with van der Waals surface area (Å²) in [5.74, 6) is 1.22. The molecule has 104 valence electrons. The molecule has 0 fully saturated rings. The summed E-state index contributed by atoms with van der Waals surface area (Å²) in [6.45, 7) is 4.06. The lowest BCUT2D eigenvalue weighted by Gasteiger charge is -2.20. The Morgan fingerprint density at radius 3 is 3.00 bits per heavy atom. The highest BCUT2D eigenvalue weighted by Gasteiger charge is 2.16. The Bertz CT molecular complexity index is 464. The molecule has 1 aromatic carbocycles. The van der Waals surface area contributed by atoms with Crippen molar-refractivity contribution in [3.8, 4) is 11.5 Å². The summed E-state index contributed by atoms with van der Waals surface area (Å²) in [6.07, 6.45) is 0. The van der Waals surface area contributed by atoms with Crippen molar-refractivity contribution in [1.29, 1.82) is 0 Å². The summed E-state index contributed by atoms with van der Waals surface area (Å²) in [7, 11) is 0. The molecule has 6 heteroatoms. The van der Waals surface area contributed by atoms with Gasteiger partial charge in [-0.1, -0.05) is 0 Å². The number of benzene rings is 1. The lowest BCUT2D eigenvalue weighted by molar-refractivity contribution is -0.142. The van der Waals surface area contributed by atoms with Crippen molar-refractivity contribution in [2.75, 3.05) is 26.4 Å². The zero-order chi connectivity index (χ0) is 13.7. The molecule has 19 heavy (non-hydrogen) atoms. The maximum Gasteiger partial charge on any atom is 0.319 e.